The zero-order valence-electron chi connectivity index (χ0n) is 25.0. The van der Waals surface area contributed by atoms with Crippen molar-refractivity contribution < 1.29 is 0 Å². The van der Waals surface area contributed by atoms with Crippen LogP contribution >= 0.6 is 17.9 Å². The van der Waals surface area contributed by atoms with E-state index in [-0.39, 0.29) is 0 Å². The van der Waals surface area contributed by atoms with E-state index >= 15 is 0 Å². The van der Waals surface area contributed by atoms with Gasteiger partial charge in [-0.2, -0.15) is 0 Å². The maximum atomic E-state index is 7.41. The van der Waals surface area contributed by atoms with Crippen LogP contribution in [0.5, 0.6) is 0 Å². The second-order valence-electron chi connectivity index (χ2n) is 11.5. The molecule has 2 radical (unpaired) electrons. The molecule has 0 unspecified atom stereocenters. The van der Waals surface area contributed by atoms with Gasteiger partial charge in [0.2, 0.25) is 0 Å². The minimum atomic E-state index is -2.70. The number of benzene rings is 5. The van der Waals surface area contributed by atoms with Gasteiger partial charge in [0.1, 0.15) is 0 Å². The first-order chi connectivity index (χ1) is 20.5. The van der Waals surface area contributed by atoms with Gasteiger partial charge in [0.15, 0.2) is 0 Å². The van der Waals surface area contributed by atoms with E-state index in [9.17, 15) is 0 Å². The molecule has 0 heterocycles. The Morgan fingerprint density at radius 2 is 0.952 bits per heavy atom. The molecular weight excluding hydrogens is 626 g/mol. The third-order valence-corrected chi connectivity index (χ3v) is 22.7. The van der Waals surface area contributed by atoms with Crippen molar-refractivity contribution in [2.75, 3.05) is 9.31 Å². The van der Waals surface area contributed by atoms with Gasteiger partial charge in [-0.15, -0.1) is 0 Å². The van der Waals surface area contributed by atoms with Crippen molar-refractivity contribution in [1.82, 2.24) is 0 Å². The van der Waals surface area contributed by atoms with E-state index in [0.717, 1.165) is 5.79 Å². The van der Waals surface area contributed by atoms with Gasteiger partial charge < -0.3 is 0 Å². The zero-order chi connectivity index (χ0) is 29.5. The molecule has 212 valence electrons. The third-order valence-electron chi connectivity index (χ3n) is 8.21. The van der Waals surface area contributed by atoms with Crippen LogP contribution in [0.15, 0.2) is 140 Å². The summed E-state index contributed by atoms with van der Waals surface area (Å²) in [5.74, 6) is 1.87. The number of para-hydroxylation sites is 1. The summed E-state index contributed by atoms with van der Waals surface area (Å²) in [4.78, 5) is 0. The van der Waals surface area contributed by atoms with Crippen molar-refractivity contribution >= 4 is 67.6 Å². The molecule has 0 fully saturated rings. The van der Waals surface area contributed by atoms with E-state index < -0.39 is 30.9 Å². The summed E-state index contributed by atoms with van der Waals surface area (Å²) in [6.45, 7) is 9.30. The Bertz CT molecular complexity index is 1440. The van der Waals surface area contributed by atoms with Crippen molar-refractivity contribution in [3.63, 3.8) is 0 Å². The van der Waals surface area contributed by atoms with Crippen molar-refractivity contribution in [2.24, 2.45) is 0 Å². The molecule has 42 heavy (non-hydrogen) atoms. The predicted molar refractivity (Wildman–Crippen MR) is 192 cm³/mol. The monoisotopic (exact) mass is 666 g/mol. The van der Waals surface area contributed by atoms with Crippen LogP contribution in [0.4, 0.5) is 5.69 Å². The standard InChI is InChI=1S/C37H39ClGeNPSi/c1-29(2)35-26-17-27-36(30(3)4)37(35)40(39-38)42(33-22-13-7-14-23-33,34-24-15-8-16-25-34)28-41(31-18-9-5-10-19-31)32-20-11-6-12-21-32/h5-27,29-30H,28H2,1-4H3/p+1. The van der Waals surface area contributed by atoms with Crippen LogP contribution < -0.4 is 24.5 Å². The second-order valence-corrected chi connectivity index (χ2v) is 21.5. The molecule has 0 atom stereocenters. The first-order valence-corrected chi connectivity index (χ1v) is 22.4. The summed E-state index contributed by atoms with van der Waals surface area (Å²) in [6, 6.07) is 52.1. The van der Waals surface area contributed by atoms with Gasteiger partial charge in [-0.05, 0) is 0 Å². The first kappa shape index (κ1) is 30.8. The summed E-state index contributed by atoms with van der Waals surface area (Å²) in [5, 5.41) is 5.77. The van der Waals surface area contributed by atoms with Gasteiger partial charge in [-0.3, -0.25) is 0 Å². The molecule has 0 bridgehead atoms. The van der Waals surface area contributed by atoms with Crippen LogP contribution in [-0.4, -0.2) is 28.7 Å². The number of hydrogen-bond acceptors (Lipinski definition) is 1. The molecule has 0 saturated carbocycles. The van der Waals surface area contributed by atoms with Crippen LogP contribution in [0.2, 0.25) is 0 Å². The zero-order valence-corrected chi connectivity index (χ0v) is 29.8. The number of anilines is 1. The Kier molecular flexibility index (Phi) is 10.4. The fraction of sp³-hybridized carbons (Fsp3) is 0.189. The number of rotatable bonds is 11. The predicted octanol–water partition coefficient (Wildman–Crippen LogP) is 7.68. The van der Waals surface area contributed by atoms with Crippen LogP contribution in [0.25, 0.3) is 0 Å². The van der Waals surface area contributed by atoms with Gasteiger partial charge in [0, 0.05) is 0 Å². The summed E-state index contributed by atoms with van der Waals surface area (Å²) in [5.41, 5.74) is 4.20. The van der Waals surface area contributed by atoms with Crippen molar-refractivity contribution in [3.05, 3.63) is 151 Å². The molecule has 0 spiro atoms. The summed E-state index contributed by atoms with van der Waals surface area (Å²) >= 11 is -1.03. The first-order valence-electron chi connectivity index (χ1n) is 14.8. The molecule has 5 heteroatoms. The molecule has 0 aliphatic carbocycles. The van der Waals surface area contributed by atoms with E-state index in [1.165, 1.54) is 37.8 Å². The number of hydrogen-bond donors (Lipinski definition) is 0. The third kappa shape index (κ3) is 6.33. The molecular formula is C37H40ClGeNPSi+. The average Bonchev–Trinajstić information content (AvgIpc) is 3.04. The van der Waals surface area contributed by atoms with Crippen LogP contribution in [0.1, 0.15) is 50.7 Å². The molecule has 0 aromatic heterocycles. The molecule has 0 saturated heterocycles. The number of nitrogens with zero attached hydrogens (tertiary/aromatic N) is 1. The Labute approximate surface area is 265 Å². The molecule has 0 amide bonds. The second kappa shape index (κ2) is 14.2. The molecule has 0 aliphatic rings. The summed E-state index contributed by atoms with van der Waals surface area (Å²) < 4.78 is 2.81. The van der Waals surface area contributed by atoms with Crippen LogP contribution in [0.3, 0.4) is 0 Å². The summed E-state index contributed by atoms with van der Waals surface area (Å²) in [6.07, 6.45) is 0. The molecule has 5 rings (SSSR count). The Balaban J connectivity index is 1.88. The van der Waals surface area contributed by atoms with Gasteiger partial charge >= 0.3 is 267 Å². The average molecular weight is 666 g/mol. The van der Waals surface area contributed by atoms with Gasteiger partial charge in [0.25, 0.3) is 0 Å². The topological polar surface area (TPSA) is 3.24 Å². The van der Waals surface area contributed by atoms with E-state index in [0.29, 0.717) is 11.8 Å². The van der Waals surface area contributed by atoms with Gasteiger partial charge in [-0.1, -0.05) is 0 Å². The normalized spacial score (nSPS) is 11.8. The van der Waals surface area contributed by atoms with Crippen LogP contribution in [-0.2, 0) is 0 Å². The van der Waals surface area contributed by atoms with Gasteiger partial charge in [-0.25, -0.2) is 0 Å². The van der Waals surface area contributed by atoms with Gasteiger partial charge in [0.05, 0.1) is 0 Å². The van der Waals surface area contributed by atoms with E-state index in [1.54, 1.807) is 0 Å². The maximum absolute atomic E-state index is 7.41. The van der Waals surface area contributed by atoms with Crippen molar-refractivity contribution in [2.45, 2.75) is 39.5 Å². The van der Waals surface area contributed by atoms with Crippen LogP contribution in [0, 0.1) is 0 Å². The Morgan fingerprint density at radius 1 is 0.571 bits per heavy atom. The van der Waals surface area contributed by atoms with Crippen molar-refractivity contribution in [1.29, 1.82) is 0 Å². The fourth-order valence-corrected chi connectivity index (χ4v) is 24.1. The molecule has 5 aromatic rings. The van der Waals surface area contributed by atoms with E-state index in [1.807, 2.05) is 0 Å². The fourth-order valence-electron chi connectivity index (χ4n) is 6.12. The molecule has 0 N–H and O–H groups in total. The molecule has 0 aliphatic heterocycles. The quantitative estimate of drug-likeness (QED) is 0.103. The SMILES string of the molecule is CC(C)c1cccc(C(C)C)c1[N]([Ge][Cl])[Si](C[PH+](c1ccccc1)c1ccccc1)(c1ccccc1)c1ccccc1. The molecule has 1 nitrogen and oxygen atoms in total. The van der Waals surface area contributed by atoms with Crippen molar-refractivity contribution in [3.8, 4) is 0 Å². The van der Waals surface area contributed by atoms with E-state index in [2.05, 4.69) is 171 Å². The minimum absolute atomic E-state index is 0.391. The number of halogens is 1. The Morgan fingerprint density at radius 3 is 1.31 bits per heavy atom. The van der Waals surface area contributed by atoms with E-state index in [4.69, 9.17) is 10.0 Å². The Hall–Kier alpha value is -2.62. The summed E-state index contributed by atoms with van der Waals surface area (Å²) in [7, 11) is 3.52. The molecule has 5 aromatic carbocycles.